The van der Waals surface area contributed by atoms with Crippen LogP contribution < -0.4 is 0 Å². The lowest BCUT2D eigenvalue weighted by molar-refractivity contribution is 0.199. The molecule has 0 aliphatic carbocycles. The molecule has 2 rings (SSSR count). The Morgan fingerprint density at radius 2 is 2.50 bits per heavy atom. The van der Waals surface area contributed by atoms with Gasteiger partial charge in [-0.25, -0.2) is 0 Å². The summed E-state index contributed by atoms with van der Waals surface area (Å²) >= 11 is 1.35. The molecule has 0 aliphatic rings. The van der Waals surface area contributed by atoms with Gasteiger partial charge < -0.3 is 9.67 Å². The summed E-state index contributed by atoms with van der Waals surface area (Å²) in [6, 6.07) is 1.91. The molecule has 1 atom stereocenters. The van der Waals surface area contributed by atoms with Crippen molar-refractivity contribution in [3.63, 3.8) is 0 Å². The highest BCUT2D eigenvalue weighted by Crippen LogP contribution is 2.12. The molecular weight excluding hydrogens is 198 g/mol. The highest BCUT2D eigenvalue weighted by molar-refractivity contribution is 7.03. The summed E-state index contributed by atoms with van der Waals surface area (Å²) in [6.07, 6.45) is 3.44. The van der Waals surface area contributed by atoms with Crippen LogP contribution in [-0.2, 0) is 6.54 Å². The van der Waals surface area contributed by atoms with Crippen LogP contribution >= 0.6 is 11.5 Å². The van der Waals surface area contributed by atoms with Crippen LogP contribution in [0.15, 0.2) is 23.8 Å². The molecule has 0 radical (unpaired) electrons. The molecule has 2 aromatic rings. The van der Waals surface area contributed by atoms with Crippen LogP contribution in [0.1, 0.15) is 24.3 Å². The molecule has 0 spiro atoms. The molecule has 14 heavy (non-hydrogen) atoms. The van der Waals surface area contributed by atoms with Gasteiger partial charge in [-0.3, -0.25) is 0 Å². The first-order valence-electron chi connectivity index (χ1n) is 4.35. The predicted octanol–water partition coefficient (Wildman–Crippen LogP) is 1.44. The van der Waals surface area contributed by atoms with E-state index in [1.54, 1.807) is 6.92 Å². The Hall–Kier alpha value is -1.20. The third-order valence-electron chi connectivity index (χ3n) is 2.01. The fourth-order valence-corrected chi connectivity index (χ4v) is 1.69. The molecule has 5 heteroatoms. The summed E-state index contributed by atoms with van der Waals surface area (Å²) in [5.41, 5.74) is 1.87. The van der Waals surface area contributed by atoms with Crippen molar-refractivity contribution >= 4 is 11.5 Å². The van der Waals surface area contributed by atoms with Gasteiger partial charge in [0.25, 0.3) is 0 Å². The van der Waals surface area contributed by atoms with Gasteiger partial charge in [-0.15, -0.1) is 5.10 Å². The number of hydrogen-bond acceptors (Lipinski definition) is 4. The van der Waals surface area contributed by atoms with Crippen molar-refractivity contribution in [3.8, 4) is 0 Å². The lowest BCUT2D eigenvalue weighted by Gasteiger charge is -2.00. The van der Waals surface area contributed by atoms with Gasteiger partial charge in [-0.1, -0.05) is 4.49 Å². The first-order chi connectivity index (χ1) is 6.75. The van der Waals surface area contributed by atoms with Gasteiger partial charge >= 0.3 is 0 Å². The highest BCUT2D eigenvalue weighted by Gasteiger charge is 2.03. The summed E-state index contributed by atoms with van der Waals surface area (Å²) in [4.78, 5) is 0. The van der Waals surface area contributed by atoms with Gasteiger partial charge in [0.2, 0.25) is 0 Å². The number of aliphatic hydroxyl groups excluding tert-OH is 1. The Morgan fingerprint density at radius 3 is 3.07 bits per heavy atom. The number of hydrogen-bond donors (Lipinski definition) is 1. The number of aliphatic hydroxyl groups is 1. The molecule has 2 aromatic heterocycles. The Labute approximate surface area is 86.0 Å². The van der Waals surface area contributed by atoms with Crippen LogP contribution in [0, 0.1) is 0 Å². The van der Waals surface area contributed by atoms with E-state index >= 15 is 0 Å². The van der Waals surface area contributed by atoms with Crippen molar-refractivity contribution in [2.45, 2.75) is 19.6 Å². The molecule has 0 aromatic carbocycles. The van der Waals surface area contributed by atoms with Gasteiger partial charge in [0.15, 0.2) is 0 Å². The lowest BCUT2D eigenvalue weighted by Crippen LogP contribution is -1.97. The molecule has 0 saturated heterocycles. The maximum atomic E-state index is 9.32. The second-order valence-electron chi connectivity index (χ2n) is 3.19. The van der Waals surface area contributed by atoms with Gasteiger partial charge in [0.05, 0.1) is 18.3 Å². The van der Waals surface area contributed by atoms with E-state index in [4.69, 9.17) is 0 Å². The van der Waals surface area contributed by atoms with Gasteiger partial charge in [0, 0.05) is 17.8 Å². The number of rotatable bonds is 3. The van der Waals surface area contributed by atoms with Crippen molar-refractivity contribution in [3.05, 3.63) is 35.1 Å². The second kappa shape index (κ2) is 3.89. The van der Waals surface area contributed by atoms with Gasteiger partial charge in [-0.2, -0.15) is 0 Å². The number of aromatic nitrogens is 3. The van der Waals surface area contributed by atoms with Crippen LogP contribution in [0.3, 0.4) is 0 Å². The summed E-state index contributed by atoms with van der Waals surface area (Å²) in [5.74, 6) is 0. The Kier molecular flexibility index (Phi) is 2.60. The zero-order valence-electron chi connectivity index (χ0n) is 7.79. The smallest absolute Gasteiger partial charge is 0.0952 e. The zero-order valence-corrected chi connectivity index (χ0v) is 8.61. The monoisotopic (exact) mass is 209 g/mol. The minimum Gasteiger partial charge on any atom is -0.389 e. The van der Waals surface area contributed by atoms with E-state index in [-0.39, 0.29) is 0 Å². The van der Waals surface area contributed by atoms with E-state index in [1.807, 2.05) is 28.4 Å². The van der Waals surface area contributed by atoms with Crippen LogP contribution in [0.2, 0.25) is 0 Å². The van der Waals surface area contributed by atoms with E-state index in [1.165, 1.54) is 11.5 Å². The SMILES string of the molecule is CC(O)c1ccn(Cc2csnn2)c1. The molecule has 1 N–H and O–H groups in total. The minimum atomic E-state index is -0.412. The average molecular weight is 209 g/mol. The normalized spacial score (nSPS) is 13.0. The molecule has 0 saturated carbocycles. The van der Waals surface area contributed by atoms with E-state index < -0.39 is 6.10 Å². The summed E-state index contributed by atoms with van der Waals surface area (Å²) in [7, 11) is 0. The Morgan fingerprint density at radius 1 is 1.64 bits per heavy atom. The molecule has 0 amide bonds. The molecule has 0 aliphatic heterocycles. The topological polar surface area (TPSA) is 50.9 Å². The predicted molar refractivity (Wildman–Crippen MR) is 54.1 cm³/mol. The van der Waals surface area contributed by atoms with Crippen LogP contribution in [0.25, 0.3) is 0 Å². The largest absolute Gasteiger partial charge is 0.389 e. The molecule has 1 unspecified atom stereocenters. The Balaban J connectivity index is 2.11. The van der Waals surface area contributed by atoms with Gasteiger partial charge in [-0.05, 0) is 30.1 Å². The maximum absolute atomic E-state index is 9.32. The van der Waals surface area contributed by atoms with Crippen LogP contribution in [-0.4, -0.2) is 19.3 Å². The first-order valence-corrected chi connectivity index (χ1v) is 5.19. The second-order valence-corrected chi connectivity index (χ2v) is 3.80. The molecule has 4 nitrogen and oxygen atoms in total. The maximum Gasteiger partial charge on any atom is 0.0952 e. The fraction of sp³-hybridized carbons (Fsp3) is 0.333. The summed E-state index contributed by atoms with van der Waals surface area (Å²) in [5, 5.41) is 15.2. The van der Waals surface area contributed by atoms with Crippen molar-refractivity contribution in [2.24, 2.45) is 0 Å². The lowest BCUT2D eigenvalue weighted by atomic mass is 10.2. The Bertz CT molecular complexity index is 394. The molecule has 0 bridgehead atoms. The van der Waals surface area contributed by atoms with Crippen molar-refractivity contribution in [1.29, 1.82) is 0 Å². The van der Waals surface area contributed by atoms with E-state index in [0.717, 1.165) is 11.3 Å². The van der Waals surface area contributed by atoms with E-state index in [0.29, 0.717) is 6.54 Å². The first kappa shape index (κ1) is 9.36. The third kappa shape index (κ3) is 2.00. The van der Waals surface area contributed by atoms with Crippen molar-refractivity contribution in [1.82, 2.24) is 14.2 Å². The molecule has 0 fully saturated rings. The molecule has 2 heterocycles. The van der Waals surface area contributed by atoms with Crippen molar-refractivity contribution in [2.75, 3.05) is 0 Å². The number of nitrogens with zero attached hydrogens (tertiary/aromatic N) is 3. The molecular formula is C9H11N3OS. The van der Waals surface area contributed by atoms with Crippen LogP contribution in [0.5, 0.6) is 0 Å². The summed E-state index contributed by atoms with van der Waals surface area (Å²) < 4.78 is 5.77. The standard InChI is InChI=1S/C9H11N3OS/c1-7(13)8-2-3-12(4-8)5-9-6-14-11-10-9/h2-4,6-7,13H,5H2,1H3. The highest BCUT2D eigenvalue weighted by atomic mass is 32.1. The average Bonchev–Trinajstić information content (AvgIpc) is 2.75. The van der Waals surface area contributed by atoms with E-state index in [9.17, 15) is 5.11 Å². The van der Waals surface area contributed by atoms with Gasteiger partial charge in [0.1, 0.15) is 0 Å². The van der Waals surface area contributed by atoms with Crippen molar-refractivity contribution < 1.29 is 5.11 Å². The van der Waals surface area contributed by atoms with Crippen LogP contribution in [0.4, 0.5) is 0 Å². The minimum absolute atomic E-state index is 0.412. The fourth-order valence-electron chi connectivity index (χ4n) is 1.24. The quantitative estimate of drug-likeness (QED) is 0.832. The molecule has 74 valence electrons. The summed E-state index contributed by atoms with van der Waals surface area (Å²) in [6.45, 7) is 2.47. The zero-order chi connectivity index (χ0) is 9.97. The third-order valence-corrected chi connectivity index (χ3v) is 2.56. The van der Waals surface area contributed by atoms with E-state index in [2.05, 4.69) is 9.59 Å².